The summed E-state index contributed by atoms with van der Waals surface area (Å²) in [6.07, 6.45) is 0. The van der Waals surface area contributed by atoms with Crippen LogP contribution in [0.1, 0.15) is 0 Å². The first-order valence-electron chi connectivity index (χ1n) is 6.17. The van der Waals surface area contributed by atoms with E-state index < -0.39 is 0 Å². The summed E-state index contributed by atoms with van der Waals surface area (Å²) in [7, 11) is 10.1. The van der Waals surface area contributed by atoms with E-state index in [1.54, 1.807) is 0 Å². The second kappa shape index (κ2) is 6.89. The van der Waals surface area contributed by atoms with Crippen LogP contribution < -0.4 is 4.90 Å². The zero-order valence-electron chi connectivity index (χ0n) is 12.1. The van der Waals surface area contributed by atoms with Crippen molar-refractivity contribution in [2.75, 3.05) is 53.2 Å². The quantitative estimate of drug-likeness (QED) is 0.597. The Bertz CT molecular complexity index is 361. The zero-order chi connectivity index (χ0) is 13.5. The average molecular weight is 248 g/mol. The Morgan fingerprint density at radius 2 is 1.50 bits per heavy atom. The van der Waals surface area contributed by atoms with Crippen molar-refractivity contribution in [1.82, 2.24) is 9.80 Å². The van der Waals surface area contributed by atoms with E-state index in [1.165, 1.54) is 5.69 Å². The molecule has 0 unspecified atom stereocenters. The van der Waals surface area contributed by atoms with Gasteiger partial charge < -0.3 is 14.7 Å². The van der Waals surface area contributed by atoms with Crippen LogP contribution >= 0.6 is 0 Å². The molecule has 4 heteroatoms. The van der Waals surface area contributed by atoms with E-state index in [0.29, 0.717) is 0 Å². The highest BCUT2D eigenvalue weighted by Crippen LogP contribution is 2.10. The smallest absolute Gasteiger partial charge is 0.195 e. The number of likely N-dealkylation sites (N-methyl/N-ethyl adjacent to an activating group) is 1. The lowest BCUT2D eigenvalue weighted by atomic mass is 10.3. The van der Waals surface area contributed by atoms with Crippen molar-refractivity contribution in [2.45, 2.75) is 0 Å². The van der Waals surface area contributed by atoms with Gasteiger partial charge in [0, 0.05) is 47.5 Å². The molecule has 1 aromatic rings. The van der Waals surface area contributed by atoms with Gasteiger partial charge >= 0.3 is 0 Å². The van der Waals surface area contributed by atoms with Crippen molar-refractivity contribution in [1.29, 1.82) is 0 Å². The average Bonchev–Trinajstić information content (AvgIpc) is 2.34. The normalized spacial score (nSPS) is 9.83. The maximum Gasteiger partial charge on any atom is 0.195 e. The molecule has 100 valence electrons. The molecule has 1 aromatic carbocycles. The molecule has 18 heavy (non-hydrogen) atoms. The SMILES string of the molecule is CN(C)C(=NCCN(C)c1ccccc1)N(C)C. The first-order chi connectivity index (χ1) is 8.52. The Morgan fingerprint density at radius 3 is 2.00 bits per heavy atom. The van der Waals surface area contributed by atoms with Crippen LogP contribution in [0.5, 0.6) is 0 Å². The predicted molar refractivity (Wildman–Crippen MR) is 79.4 cm³/mol. The molecule has 0 heterocycles. The van der Waals surface area contributed by atoms with Crippen molar-refractivity contribution >= 4 is 11.6 Å². The summed E-state index contributed by atoms with van der Waals surface area (Å²) < 4.78 is 0. The van der Waals surface area contributed by atoms with Crippen LogP contribution in [0.2, 0.25) is 0 Å². The lowest BCUT2D eigenvalue weighted by Crippen LogP contribution is -2.36. The largest absolute Gasteiger partial charge is 0.373 e. The molecule has 0 aliphatic rings. The molecule has 0 fully saturated rings. The molecule has 4 nitrogen and oxygen atoms in total. The number of benzene rings is 1. The summed E-state index contributed by atoms with van der Waals surface area (Å²) in [5.41, 5.74) is 1.23. The Kier molecular flexibility index (Phi) is 5.49. The fourth-order valence-corrected chi connectivity index (χ4v) is 1.79. The standard InChI is InChI=1S/C14H24N4/c1-16(2)14(17(3)4)15-11-12-18(5)13-9-7-6-8-10-13/h6-10H,11-12H2,1-5H3. The Balaban J connectivity index is 2.53. The molecule has 0 atom stereocenters. The molecule has 0 saturated carbocycles. The summed E-state index contributed by atoms with van der Waals surface area (Å²) in [6, 6.07) is 10.4. The predicted octanol–water partition coefficient (Wildman–Crippen LogP) is 1.60. The summed E-state index contributed by atoms with van der Waals surface area (Å²) in [5.74, 6) is 0.997. The summed E-state index contributed by atoms with van der Waals surface area (Å²) in [5, 5.41) is 0. The van der Waals surface area contributed by atoms with Gasteiger partial charge in [0.2, 0.25) is 0 Å². The van der Waals surface area contributed by atoms with E-state index in [9.17, 15) is 0 Å². The third kappa shape index (κ3) is 4.28. The highest BCUT2D eigenvalue weighted by atomic mass is 15.3. The first-order valence-corrected chi connectivity index (χ1v) is 6.17. The molecular weight excluding hydrogens is 224 g/mol. The van der Waals surface area contributed by atoms with Gasteiger partial charge in [-0.2, -0.15) is 0 Å². The van der Waals surface area contributed by atoms with E-state index in [-0.39, 0.29) is 0 Å². The number of anilines is 1. The molecule has 0 aliphatic carbocycles. The molecule has 0 saturated heterocycles. The fraction of sp³-hybridized carbons (Fsp3) is 0.500. The Hall–Kier alpha value is -1.71. The minimum absolute atomic E-state index is 0.789. The van der Waals surface area contributed by atoms with Gasteiger partial charge in [-0.05, 0) is 12.1 Å². The molecule has 0 amide bonds. The third-order valence-corrected chi connectivity index (χ3v) is 2.69. The molecule has 1 rings (SSSR count). The molecular formula is C14H24N4. The van der Waals surface area contributed by atoms with E-state index in [0.717, 1.165) is 19.0 Å². The number of aliphatic imine (C=N–C) groups is 1. The second-order valence-electron chi connectivity index (χ2n) is 4.73. The number of hydrogen-bond acceptors (Lipinski definition) is 2. The molecule has 0 aliphatic heterocycles. The van der Waals surface area contributed by atoms with Crippen molar-refractivity contribution in [3.05, 3.63) is 30.3 Å². The van der Waals surface area contributed by atoms with Gasteiger partial charge in [0.15, 0.2) is 5.96 Å². The van der Waals surface area contributed by atoms with Gasteiger partial charge in [-0.25, -0.2) is 0 Å². The van der Waals surface area contributed by atoms with Gasteiger partial charge in [0.1, 0.15) is 0 Å². The minimum atomic E-state index is 0.789. The summed E-state index contributed by atoms with van der Waals surface area (Å²) >= 11 is 0. The van der Waals surface area contributed by atoms with Crippen molar-refractivity contribution < 1.29 is 0 Å². The summed E-state index contributed by atoms with van der Waals surface area (Å²) in [4.78, 5) is 10.9. The lowest BCUT2D eigenvalue weighted by Gasteiger charge is -2.23. The van der Waals surface area contributed by atoms with Crippen LogP contribution in [0.4, 0.5) is 5.69 Å². The number of guanidine groups is 1. The van der Waals surface area contributed by atoms with Gasteiger partial charge in [0.05, 0.1) is 6.54 Å². The fourth-order valence-electron chi connectivity index (χ4n) is 1.79. The van der Waals surface area contributed by atoms with Gasteiger partial charge in [-0.3, -0.25) is 4.99 Å². The molecule has 0 N–H and O–H groups in total. The van der Waals surface area contributed by atoms with Crippen molar-refractivity contribution in [2.24, 2.45) is 4.99 Å². The molecule has 0 radical (unpaired) electrons. The Morgan fingerprint density at radius 1 is 0.944 bits per heavy atom. The van der Waals surface area contributed by atoms with E-state index >= 15 is 0 Å². The Labute approximate surface area is 111 Å². The number of para-hydroxylation sites is 1. The topological polar surface area (TPSA) is 22.1 Å². The monoisotopic (exact) mass is 248 g/mol. The maximum atomic E-state index is 4.62. The number of nitrogens with zero attached hydrogens (tertiary/aromatic N) is 4. The third-order valence-electron chi connectivity index (χ3n) is 2.69. The molecule has 0 bridgehead atoms. The molecule has 0 spiro atoms. The van der Waals surface area contributed by atoms with E-state index in [1.807, 2.05) is 44.1 Å². The van der Waals surface area contributed by atoms with Crippen LogP contribution in [0.25, 0.3) is 0 Å². The highest BCUT2D eigenvalue weighted by molar-refractivity contribution is 5.79. The zero-order valence-corrected chi connectivity index (χ0v) is 12.1. The van der Waals surface area contributed by atoms with Crippen LogP contribution in [0, 0.1) is 0 Å². The maximum absolute atomic E-state index is 4.62. The summed E-state index contributed by atoms with van der Waals surface area (Å²) in [6.45, 7) is 1.70. The van der Waals surface area contributed by atoms with Crippen LogP contribution in [-0.2, 0) is 0 Å². The van der Waals surface area contributed by atoms with E-state index in [4.69, 9.17) is 0 Å². The van der Waals surface area contributed by atoms with E-state index in [2.05, 4.69) is 41.2 Å². The van der Waals surface area contributed by atoms with Crippen molar-refractivity contribution in [3.63, 3.8) is 0 Å². The van der Waals surface area contributed by atoms with Gasteiger partial charge in [-0.1, -0.05) is 18.2 Å². The molecule has 0 aromatic heterocycles. The second-order valence-corrected chi connectivity index (χ2v) is 4.73. The van der Waals surface area contributed by atoms with Gasteiger partial charge in [0.25, 0.3) is 0 Å². The lowest BCUT2D eigenvalue weighted by molar-refractivity contribution is 0.479. The number of rotatable bonds is 4. The first kappa shape index (κ1) is 14.4. The van der Waals surface area contributed by atoms with Crippen LogP contribution in [0.15, 0.2) is 35.3 Å². The minimum Gasteiger partial charge on any atom is -0.373 e. The van der Waals surface area contributed by atoms with Crippen molar-refractivity contribution in [3.8, 4) is 0 Å². The van der Waals surface area contributed by atoms with Crippen LogP contribution in [0.3, 0.4) is 0 Å². The van der Waals surface area contributed by atoms with Crippen LogP contribution in [-0.4, -0.2) is 64.1 Å². The highest BCUT2D eigenvalue weighted by Gasteiger charge is 2.04. The number of hydrogen-bond donors (Lipinski definition) is 0. The van der Waals surface area contributed by atoms with Gasteiger partial charge in [-0.15, -0.1) is 0 Å².